The Labute approximate surface area is 101 Å². The summed E-state index contributed by atoms with van der Waals surface area (Å²) in [5.41, 5.74) is 0. The van der Waals surface area contributed by atoms with E-state index in [-0.39, 0.29) is 0 Å². The maximum absolute atomic E-state index is 3.62. The second-order valence-electron chi connectivity index (χ2n) is 5.20. The van der Waals surface area contributed by atoms with E-state index in [9.17, 15) is 0 Å². The fourth-order valence-electron chi connectivity index (χ4n) is 2.31. The number of hydrogen-bond donors (Lipinski definition) is 1. The molecule has 1 aliphatic rings. The van der Waals surface area contributed by atoms with Gasteiger partial charge in [0.05, 0.1) is 0 Å². The summed E-state index contributed by atoms with van der Waals surface area (Å²) in [6, 6.07) is 0.756. The van der Waals surface area contributed by atoms with Gasteiger partial charge in [-0.1, -0.05) is 6.92 Å². The fraction of sp³-hybridized carbons (Fsp3) is 1.00. The first kappa shape index (κ1) is 13.9. The van der Waals surface area contributed by atoms with Gasteiger partial charge in [0, 0.05) is 19.1 Å². The van der Waals surface area contributed by atoms with E-state index in [4.69, 9.17) is 0 Å². The first-order valence-corrected chi connectivity index (χ1v) is 6.83. The second kappa shape index (κ2) is 8.04. The predicted octanol–water partition coefficient (Wildman–Crippen LogP) is 1.40. The molecule has 1 fully saturated rings. The molecule has 0 bridgehead atoms. The van der Waals surface area contributed by atoms with Gasteiger partial charge in [-0.25, -0.2) is 0 Å². The van der Waals surface area contributed by atoms with E-state index in [0.717, 1.165) is 6.04 Å². The summed E-state index contributed by atoms with van der Waals surface area (Å²) in [5.74, 6) is 0. The number of nitrogens with one attached hydrogen (secondary N) is 1. The predicted molar refractivity (Wildman–Crippen MR) is 70.9 cm³/mol. The van der Waals surface area contributed by atoms with Crippen LogP contribution in [0, 0.1) is 0 Å². The molecule has 0 radical (unpaired) electrons. The molecule has 1 heterocycles. The summed E-state index contributed by atoms with van der Waals surface area (Å²) < 4.78 is 0. The molecule has 1 atom stereocenters. The lowest BCUT2D eigenvalue weighted by molar-refractivity contribution is 0.275. The van der Waals surface area contributed by atoms with Crippen molar-refractivity contribution in [2.75, 3.05) is 46.8 Å². The van der Waals surface area contributed by atoms with Crippen LogP contribution in [-0.2, 0) is 0 Å². The van der Waals surface area contributed by atoms with Crippen molar-refractivity contribution in [3.63, 3.8) is 0 Å². The fourth-order valence-corrected chi connectivity index (χ4v) is 2.31. The largest absolute Gasteiger partial charge is 0.313 e. The van der Waals surface area contributed by atoms with E-state index < -0.39 is 0 Å². The second-order valence-corrected chi connectivity index (χ2v) is 5.20. The first-order valence-electron chi connectivity index (χ1n) is 6.83. The van der Waals surface area contributed by atoms with Crippen LogP contribution in [0.4, 0.5) is 0 Å². The summed E-state index contributed by atoms with van der Waals surface area (Å²) in [5, 5.41) is 3.62. The molecule has 3 nitrogen and oxygen atoms in total. The highest BCUT2D eigenvalue weighted by Crippen LogP contribution is 2.05. The Hall–Kier alpha value is -0.120. The highest BCUT2D eigenvalue weighted by molar-refractivity contribution is 4.73. The van der Waals surface area contributed by atoms with Crippen LogP contribution in [0.5, 0.6) is 0 Å². The molecule has 0 saturated carbocycles. The average Bonchev–Trinajstić information content (AvgIpc) is 2.49. The number of rotatable bonds is 6. The van der Waals surface area contributed by atoms with Crippen LogP contribution in [0.3, 0.4) is 0 Å². The van der Waals surface area contributed by atoms with Gasteiger partial charge in [-0.3, -0.25) is 0 Å². The van der Waals surface area contributed by atoms with Gasteiger partial charge in [0.1, 0.15) is 0 Å². The van der Waals surface area contributed by atoms with E-state index in [1.165, 1.54) is 58.4 Å². The summed E-state index contributed by atoms with van der Waals surface area (Å²) >= 11 is 0. The molecule has 1 saturated heterocycles. The Kier molecular flexibility index (Phi) is 7.01. The van der Waals surface area contributed by atoms with Crippen molar-refractivity contribution in [3.8, 4) is 0 Å². The monoisotopic (exact) mass is 227 g/mol. The molecule has 96 valence electrons. The molecule has 0 amide bonds. The van der Waals surface area contributed by atoms with E-state index in [1.54, 1.807) is 0 Å². The zero-order valence-electron chi connectivity index (χ0n) is 11.3. The minimum Gasteiger partial charge on any atom is -0.313 e. The van der Waals surface area contributed by atoms with Crippen LogP contribution >= 0.6 is 0 Å². The Morgan fingerprint density at radius 3 is 2.75 bits per heavy atom. The van der Waals surface area contributed by atoms with Crippen LogP contribution in [0.25, 0.3) is 0 Å². The summed E-state index contributed by atoms with van der Waals surface area (Å²) in [6.07, 6.45) is 5.27. The topological polar surface area (TPSA) is 18.5 Å². The molecule has 1 N–H and O–H groups in total. The lowest BCUT2D eigenvalue weighted by Crippen LogP contribution is -2.30. The Morgan fingerprint density at radius 1 is 1.25 bits per heavy atom. The van der Waals surface area contributed by atoms with Gasteiger partial charge in [0.25, 0.3) is 0 Å². The van der Waals surface area contributed by atoms with Crippen LogP contribution in [-0.4, -0.2) is 62.7 Å². The van der Waals surface area contributed by atoms with E-state index in [1.807, 2.05) is 0 Å². The van der Waals surface area contributed by atoms with Crippen molar-refractivity contribution in [1.82, 2.24) is 15.1 Å². The zero-order valence-corrected chi connectivity index (χ0v) is 11.3. The van der Waals surface area contributed by atoms with Gasteiger partial charge >= 0.3 is 0 Å². The van der Waals surface area contributed by atoms with E-state index >= 15 is 0 Å². The van der Waals surface area contributed by atoms with Crippen molar-refractivity contribution in [2.45, 2.75) is 38.6 Å². The number of nitrogens with zero attached hydrogens (tertiary/aromatic N) is 2. The average molecular weight is 227 g/mol. The maximum Gasteiger partial charge on any atom is 0.0107 e. The normalized spacial score (nSPS) is 23.6. The molecular formula is C13H29N3. The third-order valence-electron chi connectivity index (χ3n) is 3.48. The van der Waals surface area contributed by atoms with Gasteiger partial charge in [-0.05, 0) is 59.4 Å². The summed E-state index contributed by atoms with van der Waals surface area (Å²) in [7, 11) is 4.31. The third-order valence-corrected chi connectivity index (χ3v) is 3.48. The highest BCUT2D eigenvalue weighted by atomic mass is 15.2. The van der Waals surface area contributed by atoms with Crippen molar-refractivity contribution < 1.29 is 0 Å². The zero-order chi connectivity index (χ0) is 11.8. The molecule has 3 heteroatoms. The lowest BCUT2D eigenvalue weighted by atomic mass is 10.1. The molecule has 0 spiro atoms. The van der Waals surface area contributed by atoms with Crippen LogP contribution in [0.15, 0.2) is 0 Å². The molecule has 1 unspecified atom stereocenters. The number of unbranched alkanes of at least 4 members (excludes halogenated alkanes) is 1. The Bertz CT molecular complexity index is 171. The highest BCUT2D eigenvalue weighted by Gasteiger charge is 2.13. The minimum absolute atomic E-state index is 0.756. The summed E-state index contributed by atoms with van der Waals surface area (Å²) in [4.78, 5) is 4.90. The number of hydrogen-bond acceptors (Lipinski definition) is 3. The minimum atomic E-state index is 0.756. The molecule has 0 aromatic rings. The third kappa shape index (κ3) is 5.83. The Balaban J connectivity index is 2.08. The van der Waals surface area contributed by atoms with Crippen LogP contribution in [0.2, 0.25) is 0 Å². The Morgan fingerprint density at radius 2 is 2.06 bits per heavy atom. The molecule has 0 aromatic heterocycles. The summed E-state index contributed by atoms with van der Waals surface area (Å²) in [6.45, 7) is 8.48. The van der Waals surface area contributed by atoms with E-state index in [2.05, 4.69) is 36.1 Å². The van der Waals surface area contributed by atoms with Gasteiger partial charge in [-0.2, -0.15) is 0 Å². The molecule has 0 aliphatic carbocycles. The van der Waals surface area contributed by atoms with E-state index in [0.29, 0.717) is 0 Å². The molecule has 1 rings (SSSR count). The molecular weight excluding hydrogens is 198 g/mol. The van der Waals surface area contributed by atoms with Gasteiger partial charge < -0.3 is 15.1 Å². The van der Waals surface area contributed by atoms with Crippen molar-refractivity contribution in [3.05, 3.63) is 0 Å². The SMILES string of the molecule is CCC1CCN(CCCCN(C)C)CCN1. The van der Waals surface area contributed by atoms with Crippen molar-refractivity contribution >= 4 is 0 Å². The lowest BCUT2D eigenvalue weighted by Gasteiger charge is -2.20. The smallest absolute Gasteiger partial charge is 0.0107 e. The molecule has 1 aliphatic heterocycles. The first-order chi connectivity index (χ1) is 7.72. The van der Waals surface area contributed by atoms with Gasteiger partial charge in [0.2, 0.25) is 0 Å². The standard InChI is InChI=1S/C13H29N3/c1-4-13-7-11-16(12-8-14-13)10-6-5-9-15(2)3/h13-14H,4-12H2,1-3H3. The quantitative estimate of drug-likeness (QED) is 0.692. The van der Waals surface area contributed by atoms with Crippen LogP contribution < -0.4 is 5.32 Å². The van der Waals surface area contributed by atoms with Crippen LogP contribution in [0.1, 0.15) is 32.6 Å². The molecule has 0 aromatic carbocycles. The maximum atomic E-state index is 3.62. The van der Waals surface area contributed by atoms with Gasteiger partial charge in [0.15, 0.2) is 0 Å². The van der Waals surface area contributed by atoms with Gasteiger partial charge in [-0.15, -0.1) is 0 Å². The molecule has 16 heavy (non-hydrogen) atoms. The van der Waals surface area contributed by atoms with Crippen molar-refractivity contribution in [2.24, 2.45) is 0 Å². The van der Waals surface area contributed by atoms with Crippen molar-refractivity contribution in [1.29, 1.82) is 0 Å².